The number of carbonyl (C=O) groups excluding carboxylic acids is 2. The normalized spacial score (nSPS) is 18.1. The number of likely N-dealkylation sites (N-methyl/N-ethyl adjacent to an activating group) is 1. The van der Waals surface area contributed by atoms with E-state index in [1.165, 1.54) is 4.90 Å². The molecule has 0 bridgehead atoms. The van der Waals surface area contributed by atoms with Crippen molar-refractivity contribution in [1.29, 1.82) is 0 Å². The molecule has 7 heteroatoms. The van der Waals surface area contributed by atoms with E-state index in [9.17, 15) is 9.59 Å². The van der Waals surface area contributed by atoms with Gasteiger partial charge < -0.3 is 19.7 Å². The molecule has 1 N–H and O–H groups in total. The van der Waals surface area contributed by atoms with E-state index in [1.54, 1.807) is 38.4 Å². The van der Waals surface area contributed by atoms with Gasteiger partial charge in [0.1, 0.15) is 11.9 Å². The molecule has 0 aliphatic carbocycles. The number of anilines is 1. The first kappa shape index (κ1) is 17.7. The van der Waals surface area contributed by atoms with Gasteiger partial charge in [0, 0.05) is 13.2 Å². The third-order valence-electron chi connectivity index (χ3n) is 4.03. The predicted molar refractivity (Wildman–Crippen MR) is 96.2 cm³/mol. The molecule has 2 aromatic rings. The number of nitrogens with one attached hydrogen (secondary N) is 1. The molecule has 3 rings (SSSR count). The average molecular weight is 355 g/mol. The van der Waals surface area contributed by atoms with Crippen molar-refractivity contribution in [2.75, 3.05) is 18.9 Å². The van der Waals surface area contributed by atoms with E-state index >= 15 is 0 Å². The van der Waals surface area contributed by atoms with Crippen LogP contribution in [0.15, 0.2) is 42.6 Å². The van der Waals surface area contributed by atoms with Crippen molar-refractivity contribution >= 4 is 17.6 Å². The average Bonchev–Trinajstić information content (AvgIpc) is 2.60. The van der Waals surface area contributed by atoms with Crippen LogP contribution in [-0.4, -0.2) is 47.5 Å². The molecule has 2 amide bonds. The number of para-hydroxylation sites is 2. The van der Waals surface area contributed by atoms with Crippen molar-refractivity contribution in [3.8, 4) is 11.5 Å². The molecule has 1 aromatic heterocycles. The minimum Gasteiger partial charge on any atom is -0.482 e. The molecular weight excluding hydrogens is 334 g/mol. The molecule has 0 spiro atoms. The van der Waals surface area contributed by atoms with E-state index in [0.717, 1.165) is 5.56 Å². The summed E-state index contributed by atoms with van der Waals surface area (Å²) >= 11 is 0. The van der Waals surface area contributed by atoms with Gasteiger partial charge in [-0.15, -0.1) is 0 Å². The molecule has 136 valence electrons. The van der Waals surface area contributed by atoms with Crippen LogP contribution in [0.25, 0.3) is 0 Å². The zero-order valence-electron chi connectivity index (χ0n) is 14.9. The Kier molecular flexibility index (Phi) is 5.06. The fraction of sp³-hybridized carbons (Fsp3) is 0.316. The molecule has 7 nitrogen and oxygen atoms in total. The smallest absolute Gasteiger partial charge is 0.267 e. The lowest BCUT2D eigenvalue weighted by Crippen LogP contribution is -2.51. The summed E-state index contributed by atoms with van der Waals surface area (Å²) in [7, 11) is 1.56. The standard InChI is InChI=1S/C19H21N3O4/c1-12-8-9-20-16(10-12)21-17(23)11-22(3)19(24)18-13(2)25-14-6-4-5-7-15(14)26-18/h4-10,13,18H,11H2,1-3H3,(H,20,21,23). The van der Waals surface area contributed by atoms with E-state index in [1.807, 2.05) is 25.1 Å². The summed E-state index contributed by atoms with van der Waals surface area (Å²) in [6, 6.07) is 10.8. The number of aromatic nitrogens is 1. The number of amides is 2. The van der Waals surface area contributed by atoms with Gasteiger partial charge in [0.15, 0.2) is 11.5 Å². The van der Waals surface area contributed by atoms with E-state index in [-0.39, 0.29) is 18.4 Å². The lowest BCUT2D eigenvalue weighted by molar-refractivity contribution is -0.144. The number of ether oxygens (including phenoxy) is 2. The van der Waals surface area contributed by atoms with E-state index in [0.29, 0.717) is 17.3 Å². The van der Waals surface area contributed by atoms with Gasteiger partial charge in [-0.25, -0.2) is 4.98 Å². The number of rotatable bonds is 4. The Balaban J connectivity index is 1.61. The van der Waals surface area contributed by atoms with Crippen molar-refractivity contribution in [2.24, 2.45) is 0 Å². The minimum atomic E-state index is -0.806. The summed E-state index contributed by atoms with van der Waals surface area (Å²) in [5.41, 5.74) is 0.986. The van der Waals surface area contributed by atoms with E-state index in [2.05, 4.69) is 10.3 Å². The van der Waals surface area contributed by atoms with Crippen LogP contribution in [0.3, 0.4) is 0 Å². The van der Waals surface area contributed by atoms with Crippen LogP contribution in [0.4, 0.5) is 5.82 Å². The van der Waals surface area contributed by atoms with Gasteiger partial charge in [-0.05, 0) is 43.7 Å². The zero-order valence-corrected chi connectivity index (χ0v) is 14.9. The van der Waals surface area contributed by atoms with Crippen LogP contribution in [0, 0.1) is 6.92 Å². The van der Waals surface area contributed by atoms with Gasteiger partial charge >= 0.3 is 0 Å². The number of fused-ring (bicyclic) bond motifs is 1. The maximum atomic E-state index is 12.7. The number of nitrogens with zero attached hydrogens (tertiary/aromatic N) is 2. The number of carbonyl (C=O) groups is 2. The van der Waals surface area contributed by atoms with Crippen molar-refractivity contribution in [3.63, 3.8) is 0 Å². The van der Waals surface area contributed by atoms with Crippen LogP contribution >= 0.6 is 0 Å². The molecule has 0 saturated carbocycles. The monoisotopic (exact) mass is 355 g/mol. The fourth-order valence-electron chi connectivity index (χ4n) is 2.69. The molecule has 26 heavy (non-hydrogen) atoms. The highest BCUT2D eigenvalue weighted by molar-refractivity contribution is 5.94. The maximum Gasteiger partial charge on any atom is 0.267 e. The number of benzene rings is 1. The predicted octanol–water partition coefficient (Wildman–Crippen LogP) is 2.02. The van der Waals surface area contributed by atoms with Crippen molar-refractivity contribution < 1.29 is 19.1 Å². The van der Waals surface area contributed by atoms with Crippen LogP contribution in [0.2, 0.25) is 0 Å². The zero-order chi connectivity index (χ0) is 18.7. The molecule has 0 fully saturated rings. The van der Waals surface area contributed by atoms with Crippen molar-refractivity contribution in [1.82, 2.24) is 9.88 Å². The summed E-state index contributed by atoms with van der Waals surface area (Å²) in [4.78, 5) is 30.3. The highest BCUT2D eigenvalue weighted by Gasteiger charge is 2.36. The van der Waals surface area contributed by atoms with Gasteiger partial charge in [-0.1, -0.05) is 12.1 Å². The highest BCUT2D eigenvalue weighted by Crippen LogP contribution is 2.33. The van der Waals surface area contributed by atoms with E-state index < -0.39 is 12.2 Å². The SMILES string of the molecule is Cc1ccnc(NC(=O)CN(C)C(=O)C2Oc3ccccc3OC2C)c1. The first-order chi connectivity index (χ1) is 12.4. The van der Waals surface area contributed by atoms with Crippen LogP contribution in [0.1, 0.15) is 12.5 Å². The summed E-state index contributed by atoms with van der Waals surface area (Å²) < 4.78 is 11.5. The number of aryl methyl sites for hydroxylation is 1. The molecule has 2 atom stereocenters. The molecule has 0 radical (unpaired) electrons. The fourth-order valence-corrected chi connectivity index (χ4v) is 2.69. The van der Waals surface area contributed by atoms with E-state index in [4.69, 9.17) is 9.47 Å². The summed E-state index contributed by atoms with van der Waals surface area (Å²) in [6.45, 7) is 3.57. The molecule has 1 aliphatic rings. The molecular formula is C19H21N3O4. The van der Waals surface area contributed by atoms with Gasteiger partial charge in [0.2, 0.25) is 12.0 Å². The van der Waals surface area contributed by atoms with Crippen molar-refractivity contribution in [2.45, 2.75) is 26.1 Å². The topological polar surface area (TPSA) is 80.8 Å². The maximum absolute atomic E-state index is 12.7. The Morgan fingerprint density at radius 1 is 1.19 bits per heavy atom. The Morgan fingerprint density at radius 3 is 2.58 bits per heavy atom. The Hall–Kier alpha value is -3.09. The summed E-state index contributed by atoms with van der Waals surface area (Å²) in [5.74, 6) is 0.930. The second kappa shape index (κ2) is 7.43. The van der Waals surface area contributed by atoms with Gasteiger partial charge in [0.05, 0.1) is 6.54 Å². The Labute approximate surface area is 151 Å². The lowest BCUT2D eigenvalue weighted by Gasteiger charge is -2.33. The van der Waals surface area contributed by atoms with Gasteiger partial charge in [-0.3, -0.25) is 9.59 Å². The third-order valence-corrected chi connectivity index (χ3v) is 4.03. The quantitative estimate of drug-likeness (QED) is 0.907. The van der Waals surface area contributed by atoms with Crippen molar-refractivity contribution in [3.05, 3.63) is 48.2 Å². The van der Waals surface area contributed by atoms with Gasteiger partial charge in [-0.2, -0.15) is 0 Å². The first-order valence-corrected chi connectivity index (χ1v) is 8.34. The second-order valence-electron chi connectivity index (χ2n) is 6.27. The van der Waals surface area contributed by atoms with Gasteiger partial charge in [0.25, 0.3) is 5.91 Å². The highest BCUT2D eigenvalue weighted by atomic mass is 16.6. The second-order valence-corrected chi connectivity index (χ2v) is 6.27. The molecule has 2 unspecified atom stereocenters. The largest absolute Gasteiger partial charge is 0.482 e. The first-order valence-electron chi connectivity index (χ1n) is 8.34. The summed E-state index contributed by atoms with van der Waals surface area (Å²) in [6.07, 6.45) is 0.354. The van der Waals surface area contributed by atoms with Crippen LogP contribution < -0.4 is 14.8 Å². The van der Waals surface area contributed by atoms with Crippen LogP contribution in [-0.2, 0) is 9.59 Å². The van der Waals surface area contributed by atoms with Crippen LogP contribution in [0.5, 0.6) is 11.5 Å². The summed E-state index contributed by atoms with van der Waals surface area (Å²) in [5, 5.41) is 2.68. The number of hydrogen-bond acceptors (Lipinski definition) is 5. The Morgan fingerprint density at radius 2 is 1.88 bits per heavy atom. The molecule has 0 saturated heterocycles. The minimum absolute atomic E-state index is 0.108. The third kappa shape index (κ3) is 3.93. The lowest BCUT2D eigenvalue weighted by atomic mass is 10.1. The Bertz CT molecular complexity index is 824. The molecule has 1 aliphatic heterocycles. The number of hydrogen-bond donors (Lipinski definition) is 1. The molecule has 1 aromatic carbocycles. The molecule has 2 heterocycles. The number of pyridine rings is 1.